The third kappa shape index (κ3) is 3.53. The van der Waals surface area contributed by atoms with Crippen molar-refractivity contribution in [2.75, 3.05) is 0 Å². The Morgan fingerprint density at radius 3 is 2.25 bits per heavy atom. The van der Waals surface area contributed by atoms with E-state index in [1.165, 1.54) is 0 Å². The first kappa shape index (κ1) is 14.9. The predicted molar refractivity (Wildman–Crippen MR) is 82.5 cm³/mol. The van der Waals surface area contributed by atoms with Crippen molar-refractivity contribution in [2.45, 2.75) is 33.0 Å². The quantitative estimate of drug-likeness (QED) is 0.897. The Kier molecular flexibility index (Phi) is 4.69. The summed E-state index contributed by atoms with van der Waals surface area (Å²) in [5.74, 6) is 0.809. The summed E-state index contributed by atoms with van der Waals surface area (Å²) < 4.78 is 5.60. The highest BCUT2D eigenvalue weighted by atomic mass is 35.5. The lowest BCUT2D eigenvalue weighted by molar-refractivity contribution is 0.218. The number of halogens is 1. The van der Waals surface area contributed by atoms with Crippen molar-refractivity contribution in [1.29, 1.82) is 0 Å². The zero-order valence-electron chi connectivity index (χ0n) is 11.9. The molecule has 2 rings (SSSR count). The molecule has 1 atom stereocenters. The summed E-state index contributed by atoms with van der Waals surface area (Å²) in [6.45, 7) is 5.92. The SMILES string of the molecule is Cc1cc(Cl)ccc1C(O)c1ccc(OC(C)C)cc1. The van der Waals surface area contributed by atoms with Gasteiger partial charge in [0.15, 0.2) is 0 Å². The maximum atomic E-state index is 10.5. The lowest BCUT2D eigenvalue weighted by atomic mass is 9.97. The molecule has 1 unspecified atom stereocenters. The van der Waals surface area contributed by atoms with Gasteiger partial charge in [0, 0.05) is 5.02 Å². The second-order valence-corrected chi connectivity index (χ2v) is 5.58. The van der Waals surface area contributed by atoms with Crippen molar-refractivity contribution in [3.63, 3.8) is 0 Å². The van der Waals surface area contributed by atoms with Crippen LogP contribution >= 0.6 is 11.6 Å². The Morgan fingerprint density at radius 1 is 1.05 bits per heavy atom. The average Bonchev–Trinajstić information content (AvgIpc) is 2.38. The van der Waals surface area contributed by atoms with Gasteiger partial charge in [0.25, 0.3) is 0 Å². The molecule has 0 aliphatic rings. The molecule has 2 aromatic carbocycles. The number of hydrogen-bond donors (Lipinski definition) is 1. The number of aliphatic hydroxyl groups excluding tert-OH is 1. The second kappa shape index (κ2) is 6.29. The first-order valence-electron chi connectivity index (χ1n) is 6.68. The van der Waals surface area contributed by atoms with Gasteiger partial charge in [-0.05, 0) is 61.7 Å². The number of benzene rings is 2. The summed E-state index contributed by atoms with van der Waals surface area (Å²) in [5, 5.41) is 11.1. The van der Waals surface area contributed by atoms with Gasteiger partial charge in [-0.3, -0.25) is 0 Å². The van der Waals surface area contributed by atoms with E-state index in [0.29, 0.717) is 5.02 Å². The van der Waals surface area contributed by atoms with Crippen molar-refractivity contribution >= 4 is 11.6 Å². The zero-order valence-corrected chi connectivity index (χ0v) is 12.7. The molecule has 0 bridgehead atoms. The molecule has 3 heteroatoms. The standard InChI is InChI=1S/C17H19ClO2/c1-11(2)20-15-7-4-13(5-8-15)17(19)16-9-6-14(18)10-12(16)3/h4-11,17,19H,1-3H3. The van der Waals surface area contributed by atoms with E-state index in [4.69, 9.17) is 16.3 Å². The van der Waals surface area contributed by atoms with Crippen molar-refractivity contribution in [2.24, 2.45) is 0 Å². The van der Waals surface area contributed by atoms with Gasteiger partial charge < -0.3 is 9.84 Å². The molecule has 0 fully saturated rings. The monoisotopic (exact) mass is 290 g/mol. The highest BCUT2D eigenvalue weighted by molar-refractivity contribution is 6.30. The molecule has 2 nitrogen and oxygen atoms in total. The van der Waals surface area contributed by atoms with Crippen LogP contribution in [0.3, 0.4) is 0 Å². The summed E-state index contributed by atoms with van der Waals surface area (Å²) >= 11 is 5.94. The first-order valence-corrected chi connectivity index (χ1v) is 7.06. The molecule has 0 amide bonds. The number of rotatable bonds is 4. The van der Waals surface area contributed by atoms with E-state index in [1.807, 2.05) is 57.2 Å². The van der Waals surface area contributed by atoms with E-state index < -0.39 is 6.10 Å². The third-order valence-electron chi connectivity index (χ3n) is 3.09. The van der Waals surface area contributed by atoms with E-state index in [-0.39, 0.29) is 6.10 Å². The Balaban J connectivity index is 2.22. The van der Waals surface area contributed by atoms with Gasteiger partial charge in [-0.1, -0.05) is 29.8 Å². The second-order valence-electron chi connectivity index (χ2n) is 5.14. The van der Waals surface area contributed by atoms with Crippen LogP contribution in [0.2, 0.25) is 5.02 Å². The first-order chi connectivity index (χ1) is 9.47. The molecule has 0 saturated heterocycles. The fraction of sp³-hybridized carbons (Fsp3) is 0.294. The Bertz CT molecular complexity index is 576. The van der Waals surface area contributed by atoms with Crippen LogP contribution < -0.4 is 4.74 Å². The van der Waals surface area contributed by atoms with Crippen molar-refractivity contribution in [3.05, 3.63) is 64.2 Å². The highest BCUT2D eigenvalue weighted by Crippen LogP contribution is 2.28. The van der Waals surface area contributed by atoms with Gasteiger partial charge in [-0.25, -0.2) is 0 Å². The van der Waals surface area contributed by atoms with E-state index >= 15 is 0 Å². The molecule has 2 aromatic rings. The molecular formula is C17H19ClO2. The minimum absolute atomic E-state index is 0.143. The smallest absolute Gasteiger partial charge is 0.119 e. The number of aryl methyl sites for hydroxylation is 1. The van der Waals surface area contributed by atoms with Gasteiger partial charge in [-0.2, -0.15) is 0 Å². The zero-order chi connectivity index (χ0) is 14.7. The predicted octanol–water partition coefficient (Wildman–Crippen LogP) is 4.52. The van der Waals surface area contributed by atoms with Crippen molar-refractivity contribution in [3.8, 4) is 5.75 Å². The molecule has 0 aromatic heterocycles. The fourth-order valence-corrected chi connectivity index (χ4v) is 2.35. The highest BCUT2D eigenvalue weighted by Gasteiger charge is 2.13. The summed E-state index contributed by atoms with van der Waals surface area (Å²) in [6, 6.07) is 13.0. The van der Waals surface area contributed by atoms with E-state index in [2.05, 4.69) is 0 Å². The topological polar surface area (TPSA) is 29.5 Å². The van der Waals surface area contributed by atoms with E-state index in [0.717, 1.165) is 22.4 Å². The summed E-state index contributed by atoms with van der Waals surface area (Å²) in [4.78, 5) is 0. The van der Waals surface area contributed by atoms with Crippen LogP contribution in [0.5, 0.6) is 5.75 Å². The molecular weight excluding hydrogens is 272 g/mol. The van der Waals surface area contributed by atoms with Crippen LogP contribution in [0.1, 0.15) is 36.6 Å². The molecule has 0 aliphatic heterocycles. The Morgan fingerprint density at radius 2 is 1.70 bits per heavy atom. The Labute approximate surface area is 125 Å². The lowest BCUT2D eigenvalue weighted by Crippen LogP contribution is -2.06. The molecule has 106 valence electrons. The van der Waals surface area contributed by atoms with Crippen LogP contribution in [0.4, 0.5) is 0 Å². The summed E-state index contributed by atoms with van der Waals surface area (Å²) in [7, 11) is 0. The molecule has 20 heavy (non-hydrogen) atoms. The van der Waals surface area contributed by atoms with Crippen LogP contribution in [0.25, 0.3) is 0 Å². The van der Waals surface area contributed by atoms with Crippen LogP contribution in [0, 0.1) is 6.92 Å². The van der Waals surface area contributed by atoms with Crippen LogP contribution in [-0.4, -0.2) is 11.2 Å². The van der Waals surface area contributed by atoms with Gasteiger partial charge in [0.1, 0.15) is 11.9 Å². The molecule has 1 N–H and O–H groups in total. The largest absolute Gasteiger partial charge is 0.491 e. The third-order valence-corrected chi connectivity index (χ3v) is 3.33. The number of hydrogen-bond acceptors (Lipinski definition) is 2. The van der Waals surface area contributed by atoms with Crippen LogP contribution in [-0.2, 0) is 0 Å². The number of aliphatic hydroxyl groups is 1. The molecule has 0 radical (unpaired) electrons. The normalized spacial score (nSPS) is 12.5. The van der Waals surface area contributed by atoms with Crippen molar-refractivity contribution < 1.29 is 9.84 Å². The minimum atomic E-state index is -0.652. The molecule has 0 spiro atoms. The fourth-order valence-electron chi connectivity index (χ4n) is 2.13. The van der Waals surface area contributed by atoms with Crippen molar-refractivity contribution in [1.82, 2.24) is 0 Å². The molecule has 0 aliphatic carbocycles. The number of ether oxygens (including phenoxy) is 1. The Hall–Kier alpha value is -1.51. The maximum Gasteiger partial charge on any atom is 0.119 e. The van der Waals surface area contributed by atoms with E-state index in [1.54, 1.807) is 6.07 Å². The van der Waals surface area contributed by atoms with Gasteiger partial charge in [0.2, 0.25) is 0 Å². The van der Waals surface area contributed by atoms with E-state index in [9.17, 15) is 5.11 Å². The van der Waals surface area contributed by atoms with Gasteiger partial charge >= 0.3 is 0 Å². The lowest BCUT2D eigenvalue weighted by Gasteiger charge is -2.15. The van der Waals surface area contributed by atoms with Gasteiger partial charge in [-0.15, -0.1) is 0 Å². The minimum Gasteiger partial charge on any atom is -0.491 e. The van der Waals surface area contributed by atoms with Gasteiger partial charge in [0.05, 0.1) is 6.10 Å². The maximum absolute atomic E-state index is 10.5. The van der Waals surface area contributed by atoms with Crippen LogP contribution in [0.15, 0.2) is 42.5 Å². The molecule has 0 heterocycles. The average molecular weight is 291 g/mol. The summed E-state index contributed by atoms with van der Waals surface area (Å²) in [6.07, 6.45) is -0.510. The summed E-state index contributed by atoms with van der Waals surface area (Å²) in [5.41, 5.74) is 2.69. The molecule has 0 saturated carbocycles.